The Balaban J connectivity index is 2.28. The van der Waals surface area contributed by atoms with E-state index < -0.39 is 18.2 Å². The fourth-order valence-corrected chi connectivity index (χ4v) is 1.40. The zero-order chi connectivity index (χ0) is 12.6. The molecule has 1 unspecified atom stereocenters. The van der Waals surface area contributed by atoms with Crippen LogP contribution in [0.3, 0.4) is 0 Å². The van der Waals surface area contributed by atoms with E-state index in [-0.39, 0.29) is 23.6 Å². The van der Waals surface area contributed by atoms with E-state index >= 15 is 0 Å². The van der Waals surface area contributed by atoms with Crippen molar-refractivity contribution in [3.8, 4) is 11.5 Å². The van der Waals surface area contributed by atoms with Gasteiger partial charge >= 0.3 is 6.29 Å². The first-order valence-electron chi connectivity index (χ1n) is 4.75. The third-order valence-electron chi connectivity index (χ3n) is 2.21. The standard InChI is InChI=1S/C10H9F2NO4/c11-10(12)16-7-2-1-5(3-8(7)17-10)9(15)6(14)4-13/h1-3,6,14H,4,13H2. The molecule has 0 fully saturated rings. The highest BCUT2D eigenvalue weighted by Crippen LogP contribution is 2.41. The van der Waals surface area contributed by atoms with Gasteiger partial charge < -0.3 is 20.3 Å². The van der Waals surface area contributed by atoms with Gasteiger partial charge in [-0.2, -0.15) is 0 Å². The minimum absolute atomic E-state index is 0.0306. The van der Waals surface area contributed by atoms with Crippen molar-refractivity contribution in [2.45, 2.75) is 12.4 Å². The Labute approximate surface area is 94.7 Å². The molecule has 1 heterocycles. The molecule has 17 heavy (non-hydrogen) atoms. The van der Waals surface area contributed by atoms with Crippen LogP contribution in [0.15, 0.2) is 18.2 Å². The average Bonchev–Trinajstić information content (AvgIpc) is 2.59. The smallest absolute Gasteiger partial charge is 0.395 e. The first-order chi connectivity index (χ1) is 7.93. The van der Waals surface area contributed by atoms with E-state index in [9.17, 15) is 18.7 Å². The molecule has 1 atom stereocenters. The van der Waals surface area contributed by atoms with Crippen LogP contribution < -0.4 is 15.2 Å². The molecule has 0 spiro atoms. The van der Waals surface area contributed by atoms with Crippen LogP contribution in [-0.2, 0) is 0 Å². The molecule has 3 N–H and O–H groups in total. The fraction of sp³-hybridized carbons (Fsp3) is 0.300. The second-order valence-corrected chi connectivity index (χ2v) is 3.44. The summed E-state index contributed by atoms with van der Waals surface area (Å²) in [7, 11) is 0. The largest absolute Gasteiger partial charge is 0.586 e. The van der Waals surface area contributed by atoms with Gasteiger partial charge in [0.15, 0.2) is 17.3 Å². The van der Waals surface area contributed by atoms with Crippen molar-refractivity contribution in [1.29, 1.82) is 0 Å². The van der Waals surface area contributed by atoms with E-state index in [0.717, 1.165) is 6.07 Å². The van der Waals surface area contributed by atoms with Crippen molar-refractivity contribution < 1.29 is 28.2 Å². The Hall–Kier alpha value is -1.73. The van der Waals surface area contributed by atoms with Crippen molar-refractivity contribution in [3.63, 3.8) is 0 Å². The summed E-state index contributed by atoms with van der Waals surface area (Å²) in [4.78, 5) is 11.5. The van der Waals surface area contributed by atoms with E-state index in [2.05, 4.69) is 9.47 Å². The maximum atomic E-state index is 12.7. The van der Waals surface area contributed by atoms with Crippen molar-refractivity contribution in [2.75, 3.05) is 6.54 Å². The molecule has 92 valence electrons. The molecule has 1 aromatic rings. The number of benzene rings is 1. The predicted molar refractivity (Wildman–Crippen MR) is 52.0 cm³/mol. The van der Waals surface area contributed by atoms with Gasteiger partial charge in [0.2, 0.25) is 0 Å². The highest BCUT2D eigenvalue weighted by atomic mass is 19.3. The summed E-state index contributed by atoms with van der Waals surface area (Å²) in [6.45, 7) is -0.247. The molecule has 0 aliphatic carbocycles. The number of hydrogen-bond acceptors (Lipinski definition) is 5. The number of hydrogen-bond donors (Lipinski definition) is 2. The summed E-state index contributed by atoms with van der Waals surface area (Å²) in [6.07, 6.45) is -5.09. The van der Waals surface area contributed by atoms with Crippen LogP contribution in [-0.4, -0.2) is 29.8 Å². The molecule has 7 heteroatoms. The van der Waals surface area contributed by atoms with Crippen LogP contribution in [0.4, 0.5) is 8.78 Å². The highest BCUT2D eigenvalue weighted by molar-refractivity contribution is 6.00. The number of halogens is 2. The Morgan fingerprint density at radius 3 is 2.71 bits per heavy atom. The number of rotatable bonds is 3. The van der Waals surface area contributed by atoms with Crippen molar-refractivity contribution in [1.82, 2.24) is 0 Å². The number of Topliss-reactive ketones (excluding diaryl/α,β-unsaturated/α-hetero) is 1. The van der Waals surface area contributed by atoms with Gasteiger partial charge in [0, 0.05) is 12.1 Å². The van der Waals surface area contributed by atoms with E-state index in [1.807, 2.05) is 0 Å². The van der Waals surface area contributed by atoms with Gasteiger partial charge in [-0.1, -0.05) is 0 Å². The number of ketones is 1. The quantitative estimate of drug-likeness (QED) is 0.758. The summed E-state index contributed by atoms with van der Waals surface area (Å²) < 4.78 is 33.7. The average molecular weight is 245 g/mol. The summed E-state index contributed by atoms with van der Waals surface area (Å²) in [5, 5.41) is 9.24. The van der Waals surface area contributed by atoms with Gasteiger partial charge in [0.1, 0.15) is 6.10 Å². The minimum atomic E-state index is -3.73. The van der Waals surface area contributed by atoms with Crippen LogP contribution in [0.2, 0.25) is 0 Å². The van der Waals surface area contributed by atoms with Crippen LogP contribution >= 0.6 is 0 Å². The number of alkyl halides is 2. The van der Waals surface area contributed by atoms with Gasteiger partial charge in [-0.05, 0) is 18.2 Å². The zero-order valence-electron chi connectivity index (χ0n) is 8.52. The maximum absolute atomic E-state index is 12.7. The predicted octanol–water partition coefficient (Wildman–Crippen LogP) is 0.510. The summed E-state index contributed by atoms with van der Waals surface area (Å²) in [5.74, 6) is -1.06. The number of nitrogens with two attached hydrogens (primary N) is 1. The van der Waals surface area contributed by atoms with Crippen molar-refractivity contribution in [3.05, 3.63) is 23.8 Å². The lowest BCUT2D eigenvalue weighted by molar-refractivity contribution is -0.286. The molecule has 2 rings (SSSR count). The third-order valence-corrected chi connectivity index (χ3v) is 2.21. The number of fused-ring (bicyclic) bond motifs is 1. The summed E-state index contributed by atoms with van der Waals surface area (Å²) in [6, 6.07) is 3.51. The first kappa shape index (κ1) is 11.7. The van der Waals surface area contributed by atoms with Crippen LogP contribution in [0, 0.1) is 0 Å². The third kappa shape index (κ3) is 2.20. The number of aliphatic hydroxyl groups is 1. The van der Waals surface area contributed by atoms with E-state index in [1.165, 1.54) is 12.1 Å². The molecular weight excluding hydrogens is 236 g/mol. The molecule has 0 aromatic heterocycles. The number of ether oxygens (including phenoxy) is 2. The fourth-order valence-electron chi connectivity index (χ4n) is 1.40. The Morgan fingerprint density at radius 1 is 1.41 bits per heavy atom. The minimum Gasteiger partial charge on any atom is -0.395 e. The second-order valence-electron chi connectivity index (χ2n) is 3.44. The van der Waals surface area contributed by atoms with E-state index in [0.29, 0.717) is 0 Å². The summed E-state index contributed by atoms with van der Waals surface area (Å²) in [5.41, 5.74) is 5.15. The maximum Gasteiger partial charge on any atom is 0.586 e. The van der Waals surface area contributed by atoms with Crippen molar-refractivity contribution in [2.24, 2.45) is 5.73 Å². The molecule has 5 nitrogen and oxygen atoms in total. The van der Waals surface area contributed by atoms with Gasteiger partial charge in [0.05, 0.1) is 0 Å². The molecule has 0 saturated carbocycles. The number of carbonyl (C=O) groups is 1. The van der Waals surface area contributed by atoms with E-state index in [1.54, 1.807) is 0 Å². The highest BCUT2D eigenvalue weighted by Gasteiger charge is 2.43. The molecule has 0 radical (unpaired) electrons. The molecular formula is C10H9F2NO4. The van der Waals surface area contributed by atoms with Gasteiger partial charge in [-0.3, -0.25) is 4.79 Å². The zero-order valence-corrected chi connectivity index (χ0v) is 8.52. The second kappa shape index (κ2) is 3.94. The Morgan fingerprint density at radius 2 is 2.06 bits per heavy atom. The molecule has 0 saturated heterocycles. The van der Waals surface area contributed by atoms with Crippen molar-refractivity contribution >= 4 is 5.78 Å². The summed E-state index contributed by atoms with van der Waals surface area (Å²) >= 11 is 0. The SMILES string of the molecule is NCC(O)C(=O)c1ccc2c(c1)OC(F)(F)O2. The van der Waals surface area contributed by atoms with Crippen LogP contribution in [0.1, 0.15) is 10.4 Å². The monoisotopic (exact) mass is 245 g/mol. The molecule has 1 aromatic carbocycles. The van der Waals surface area contributed by atoms with Crippen LogP contribution in [0.25, 0.3) is 0 Å². The van der Waals surface area contributed by atoms with E-state index in [4.69, 9.17) is 5.73 Å². The molecule has 0 amide bonds. The first-order valence-corrected chi connectivity index (χ1v) is 4.75. The lowest BCUT2D eigenvalue weighted by Gasteiger charge is -2.06. The topological polar surface area (TPSA) is 81.8 Å². The van der Waals surface area contributed by atoms with Gasteiger partial charge in [-0.25, -0.2) is 0 Å². The lowest BCUT2D eigenvalue weighted by atomic mass is 10.1. The molecule has 1 aliphatic rings. The Bertz CT molecular complexity index is 464. The normalized spacial score (nSPS) is 17.9. The molecule has 1 aliphatic heterocycles. The lowest BCUT2D eigenvalue weighted by Crippen LogP contribution is -2.29. The van der Waals surface area contributed by atoms with Gasteiger partial charge in [-0.15, -0.1) is 8.78 Å². The number of aliphatic hydroxyl groups excluding tert-OH is 1. The van der Waals surface area contributed by atoms with Gasteiger partial charge in [0.25, 0.3) is 0 Å². The number of carbonyl (C=O) groups excluding carboxylic acids is 1. The molecule has 0 bridgehead atoms. The van der Waals surface area contributed by atoms with Crippen LogP contribution in [0.5, 0.6) is 11.5 Å². The Kier molecular flexibility index (Phi) is 2.72.